The summed E-state index contributed by atoms with van der Waals surface area (Å²) in [6.07, 6.45) is 2.90. The van der Waals surface area contributed by atoms with Crippen LogP contribution >= 0.6 is 0 Å². The summed E-state index contributed by atoms with van der Waals surface area (Å²) in [5, 5.41) is 6.61. The van der Waals surface area contributed by atoms with E-state index < -0.39 is 0 Å². The Morgan fingerprint density at radius 1 is 1.24 bits per heavy atom. The van der Waals surface area contributed by atoms with Crippen LogP contribution in [0.4, 0.5) is 17.5 Å². The molecule has 2 N–H and O–H groups in total. The summed E-state index contributed by atoms with van der Waals surface area (Å²) in [6.45, 7) is 9.41. The van der Waals surface area contributed by atoms with E-state index in [0.717, 1.165) is 30.0 Å². The summed E-state index contributed by atoms with van der Waals surface area (Å²) in [5.41, 5.74) is 3.41. The smallest absolute Gasteiger partial charge is 0.224 e. The molecule has 1 aromatic carbocycles. The van der Waals surface area contributed by atoms with Crippen LogP contribution in [0.3, 0.4) is 0 Å². The van der Waals surface area contributed by atoms with Crippen molar-refractivity contribution in [3.63, 3.8) is 0 Å². The number of rotatable bonds is 6. The second kappa shape index (κ2) is 7.07. The van der Waals surface area contributed by atoms with Crippen LogP contribution in [0.2, 0.25) is 0 Å². The third kappa shape index (κ3) is 4.18. The largest absolute Gasteiger partial charge is 0.354 e. The first-order valence-corrected chi connectivity index (χ1v) is 7.54. The maximum atomic E-state index is 4.55. The summed E-state index contributed by atoms with van der Waals surface area (Å²) in [5.74, 6) is 2.04. The zero-order valence-corrected chi connectivity index (χ0v) is 13.3. The molecule has 4 nitrogen and oxygen atoms in total. The highest BCUT2D eigenvalue weighted by Gasteiger charge is 2.05. The zero-order valence-electron chi connectivity index (χ0n) is 13.3. The molecule has 0 aliphatic rings. The average molecular weight is 284 g/mol. The molecule has 1 heterocycles. The van der Waals surface area contributed by atoms with Crippen LogP contribution in [0.25, 0.3) is 0 Å². The predicted octanol–water partition coefficient (Wildman–Crippen LogP) is 4.47. The quantitative estimate of drug-likeness (QED) is 0.821. The molecule has 0 unspecified atom stereocenters. The predicted molar refractivity (Wildman–Crippen MR) is 89.4 cm³/mol. The maximum Gasteiger partial charge on any atom is 0.224 e. The van der Waals surface area contributed by atoms with Gasteiger partial charge in [-0.05, 0) is 37.0 Å². The van der Waals surface area contributed by atoms with E-state index in [0.29, 0.717) is 11.9 Å². The lowest BCUT2D eigenvalue weighted by Crippen LogP contribution is -2.07. The highest BCUT2D eigenvalue weighted by atomic mass is 15.1. The van der Waals surface area contributed by atoms with E-state index in [1.807, 2.05) is 13.1 Å². The van der Waals surface area contributed by atoms with Gasteiger partial charge in [0.2, 0.25) is 5.95 Å². The van der Waals surface area contributed by atoms with Gasteiger partial charge in [0.1, 0.15) is 5.82 Å². The molecule has 2 rings (SSSR count). The third-order valence-electron chi connectivity index (χ3n) is 3.32. The van der Waals surface area contributed by atoms with E-state index in [9.17, 15) is 0 Å². The van der Waals surface area contributed by atoms with Gasteiger partial charge in [-0.25, -0.2) is 4.98 Å². The van der Waals surface area contributed by atoms with Gasteiger partial charge in [-0.3, -0.25) is 0 Å². The molecule has 21 heavy (non-hydrogen) atoms. The number of hydrogen-bond donors (Lipinski definition) is 2. The first kappa shape index (κ1) is 15.3. The van der Waals surface area contributed by atoms with Gasteiger partial charge in [0, 0.05) is 24.0 Å². The Morgan fingerprint density at radius 3 is 2.76 bits per heavy atom. The molecule has 0 bridgehead atoms. The molecule has 0 radical (unpaired) electrons. The Bertz CT molecular complexity index is 593. The number of anilines is 3. The molecule has 0 amide bonds. The monoisotopic (exact) mass is 284 g/mol. The van der Waals surface area contributed by atoms with Crippen molar-refractivity contribution in [2.24, 2.45) is 0 Å². The van der Waals surface area contributed by atoms with Crippen molar-refractivity contribution in [1.29, 1.82) is 0 Å². The average Bonchev–Trinajstić information content (AvgIpc) is 2.48. The van der Waals surface area contributed by atoms with Gasteiger partial charge in [0.25, 0.3) is 0 Å². The van der Waals surface area contributed by atoms with Crippen LogP contribution in [-0.4, -0.2) is 16.5 Å². The van der Waals surface area contributed by atoms with E-state index >= 15 is 0 Å². The SMILES string of the molecule is CCCNc1ncc(C)c(Nc2cccc(C(C)C)c2)n1. The van der Waals surface area contributed by atoms with Gasteiger partial charge in [0.05, 0.1) is 0 Å². The maximum absolute atomic E-state index is 4.55. The molecular formula is C17H24N4. The summed E-state index contributed by atoms with van der Waals surface area (Å²) >= 11 is 0. The van der Waals surface area contributed by atoms with Crippen molar-refractivity contribution in [1.82, 2.24) is 9.97 Å². The topological polar surface area (TPSA) is 49.8 Å². The lowest BCUT2D eigenvalue weighted by molar-refractivity contribution is 0.867. The third-order valence-corrected chi connectivity index (χ3v) is 3.32. The molecule has 0 saturated heterocycles. The minimum Gasteiger partial charge on any atom is -0.354 e. The molecular weight excluding hydrogens is 260 g/mol. The Labute approximate surface area is 127 Å². The fraction of sp³-hybridized carbons (Fsp3) is 0.412. The van der Waals surface area contributed by atoms with Crippen molar-refractivity contribution >= 4 is 17.5 Å². The number of aromatic nitrogens is 2. The second-order valence-electron chi connectivity index (χ2n) is 5.56. The lowest BCUT2D eigenvalue weighted by Gasteiger charge is -2.12. The van der Waals surface area contributed by atoms with Crippen LogP contribution in [0, 0.1) is 6.92 Å². The molecule has 0 spiro atoms. The number of nitrogens with one attached hydrogen (secondary N) is 2. The van der Waals surface area contributed by atoms with Crippen LogP contribution in [0.1, 0.15) is 44.2 Å². The number of aryl methyl sites for hydroxylation is 1. The second-order valence-corrected chi connectivity index (χ2v) is 5.56. The molecule has 0 saturated carbocycles. The fourth-order valence-electron chi connectivity index (χ4n) is 2.00. The van der Waals surface area contributed by atoms with Crippen molar-refractivity contribution in [2.75, 3.05) is 17.2 Å². The Morgan fingerprint density at radius 2 is 2.05 bits per heavy atom. The molecule has 0 atom stereocenters. The normalized spacial score (nSPS) is 10.7. The van der Waals surface area contributed by atoms with Gasteiger partial charge in [-0.2, -0.15) is 4.98 Å². The van der Waals surface area contributed by atoms with Crippen molar-refractivity contribution < 1.29 is 0 Å². The van der Waals surface area contributed by atoms with E-state index in [1.54, 1.807) is 0 Å². The summed E-state index contributed by atoms with van der Waals surface area (Å²) < 4.78 is 0. The van der Waals surface area contributed by atoms with Gasteiger partial charge in [0.15, 0.2) is 0 Å². The van der Waals surface area contributed by atoms with Gasteiger partial charge in [-0.1, -0.05) is 32.9 Å². The zero-order chi connectivity index (χ0) is 15.2. The van der Waals surface area contributed by atoms with Gasteiger partial charge < -0.3 is 10.6 Å². The molecule has 112 valence electrons. The fourth-order valence-corrected chi connectivity index (χ4v) is 2.00. The van der Waals surface area contributed by atoms with Crippen molar-refractivity contribution in [3.05, 3.63) is 41.6 Å². The Balaban J connectivity index is 2.20. The Hall–Kier alpha value is -2.10. The highest BCUT2D eigenvalue weighted by Crippen LogP contribution is 2.23. The van der Waals surface area contributed by atoms with Crippen molar-refractivity contribution in [3.8, 4) is 0 Å². The number of hydrogen-bond acceptors (Lipinski definition) is 4. The molecule has 1 aromatic heterocycles. The molecule has 0 fully saturated rings. The van der Waals surface area contributed by atoms with Crippen LogP contribution in [0.5, 0.6) is 0 Å². The summed E-state index contributed by atoms with van der Waals surface area (Å²) in [4.78, 5) is 8.85. The summed E-state index contributed by atoms with van der Waals surface area (Å²) in [7, 11) is 0. The first-order valence-electron chi connectivity index (χ1n) is 7.54. The highest BCUT2D eigenvalue weighted by molar-refractivity contribution is 5.60. The molecule has 2 aromatic rings. The molecule has 0 aliphatic heterocycles. The number of nitrogens with zero attached hydrogens (tertiary/aromatic N) is 2. The van der Waals surface area contributed by atoms with Gasteiger partial charge >= 0.3 is 0 Å². The van der Waals surface area contributed by atoms with E-state index in [1.165, 1.54) is 5.56 Å². The van der Waals surface area contributed by atoms with E-state index in [-0.39, 0.29) is 0 Å². The lowest BCUT2D eigenvalue weighted by atomic mass is 10.0. The number of benzene rings is 1. The molecule has 4 heteroatoms. The summed E-state index contributed by atoms with van der Waals surface area (Å²) in [6, 6.07) is 8.46. The van der Waals surface area contributed by atoms with E-state index in [2.05, 4.69) is 65.6 Å². The van der Waals surface area contributed by atoms with Gasteiger partial charge in [-0.15, -0.1) is 0 Å². The minimum atomic E-state index is 0.514. The standard InChI is InChI=1S/C17H24N4/c1-5-9-18-17-19-11-13(4)16(21-17)20-15-8-6-7-14(10-15)12(2)3/h6-8,10-12H,5,9H2,1-4H3,(H2,18,19,20,21). The molecule has 0 aliphatic carbocycles. The minimum absolute atomic E-state index is 0.514. The van der Waals surface area contributed by atoms with Crippen LogP contribution in [0.15, 0.2) is 30.5 Å². The first-order chi connectivity index (χ1) is 10.1. The van der Waals surface area contributed by atoms with Crippen molar-refractivity contribution in [2.45, 2.75) is 40.0 Å². The Kier molecular flexibility index (Phi) is 5.14. The van der Waals surface area contributed by atoms with Crippen LogP contribution < -0.4 is 10.6 Å². The van der Waals surface area contributed by atoms with E-state index in [4.69, 9.17) is 0 Å². The van der Waals surface area contributed by atoms with Crippen LogP contribution in [-0.2, 0) is 0 Å².